The van der Waals surface area contributed by atoms with E-state index in [0.29, 0.717) is 13.2 Å². The minimum Gasteiger partial charge on any atom is -0.463 e. The molecule has 4 heteroatoms. The second-order valence-corrected chi connectivity index (χ2v) is 7.96. The largest absolute Gasteiger partial charge is 0.463 e. The highest BCUT2D eigenvalue weighted by molar-refractivity contribution is 5.91. The molecule has 4 nitrogen and oxygen atoms in total. The van der Waals surface area contributed by atoms with Gasteiger partial charge in [0.1, 0.15) is 0 Å². The fraction of sp³-hybridized carbons (Fsp3) is 0.769. The molecule has 0 heterocycles. The van der Waals surface area contributed by atoms with Crippen LogP contribution in [0.3, 0.4) is 0 Å². The number of hydrogen-bond donors (Lipinski definition) is 0. The maximum Gasteiger partial charge on any atom is 0.331 e. The predicted molar refractivity (Wildman–Crippen MR) is 125 cm³/mol. The van der Waals surface area contributed by atoms with E-state index in [0.717, 1.165) is 44.3 Å². The summed E-state index contributed by atoms with van der Waals surface area (Å²) in [7, 11) is 0. The summed E-state index contributed by atoms with van der Waals surface area (Å²) in [6.07, 6.45) is 25.7. The van der Waals surface area contributed by atoms with Gasteiger partial charge < -0.3 is 9.47 Å². The van der Waals surface area contributed by atoms with Crippen LogP contribution in [0, 0.1) is 0 Å². The van der Waals surface area contributed by atoms with Gasteiger partial charge in [0.25, 0.3) is 0 Å². The lowest BCUT2D eigenvalue weighted by molar-refractivity contribution is -0.140. The van der Waals surface area contributed by atoms with Gasteiger partial charge >= 0.3 is 11.9 Å². The van der Waals surface area contributed by atoms with Crippen molar-refractivity contribution < 1.29 is 19.1 Å². The fourth-order valence-corrected chi connectivity index (χ4v) is 3.12. The van der Waals surface area contributed by atoms with E-state index < -0.39 is 11.9 Å². The Morgan fingerprint density at radius 2 is 0.933 bits per heavy atom. The summed E-state index contributed by atoms with van der Waals surface area (Å²) in [5.74, 6) is -0.962. The van der Waals surface area contributed by atoms with Crippen LogP contribution in [0.25, 0.3) is 0 Å². The average molecular weight is 423 g/mol. The summed E-state index contributed by atoms with van der Waals surface area (Å²) < 4.78 is 10.2. The lowest BCUT2D eigenvalue weighted by Crippen LogP contribution is -2.06. The molecule has 0 fully saturated rings. The molecular formula is C26H46O4. The summed E-state index contributed by atoms with van der Waals surface area (Å²) in [5.41, 5.74) is 0. The fourth-order valence-electron chi connectivity index (χ4n) is 3.12. The summed E-state index contributed by atoms with van der Waals surface area (Å²) in [6.45, 7) is 5.23. The maximum atomic E-state index is 11.6. The van der Waals surface area contributed by atoms with Crippen molar-refractivity contribution in [2.24, 2.45) is 0 Å². The summed E-state index contributed by atoms with van der Waals surface area (Å²) in [6, 6.07) is 0. The number of rotatable bonds is 21. The van der Waals surface area contributed by atoms with E-state index in [4.69, 9.17) is 9.47 Å². The first kappa shape index (κ1) is 28.4. The molecule has 0 unspecified atom stereocenters. The van der Waals surface area contributed by atoms with Gasteiger partial charge in [-0.15, -0.1) is 0 Å². The first-order valence-electron chi connectivity index (χ1n) is 12.4. The molecule has 0 N–H and O–H groups in total. The van der Waals surface area contributed by atoms with Gasteiger partial charge in [0.2, 0.25) is 0 Å². The van der Waals surface area contributed by atoms with Gasteiger partial charge in [-0.2, -0.15) is 0 Å². The first-order valence-corrected chi connectivity index (χ1v) is 12.4. The number of carbonyl (C=O) groups is 2. The summed E-state index contributed by atoms with van der Waals surface area (Å²) >= 11 is 0. The van der Waals surface area contributed by atoms with E-state index in [1.807, 2.05) is 0 Å². The maximum absolute atomic E-state index is 11.6. The minimum atomic E-state index is -0.488. The smallest absolute Gasteiger partial charge is 0.331 e. The highest BCUT2D eigenvalue weighted by atomic mass is 16.5. The second-order valence-electron chi connectivity index (χ2n) is 7.96. The van der Waals surface area contributed by atoms with Crippen LogP contribution in [-0.2, 0) is 19.1 Å². The monoisotopic (exact) mass is 422 g/mol. The van der Waals surface area contributed by atoms with Gasteiger partial charge in [-0.05, 0) is 32.1 Å². The number of unbranched alkanes of at least 4 members (excludes halogenated alkanes) is 13. The Labute approximate surface area is 185 Å². The highest BCUT2D eigenvalue weighted by Gasteiger charge is 2.01. The average Bonchev–Trinajstić information content (AvgIpc) is 2.75. The minimum absolute atomic E-state index is 0.371. The molecule has 0 radical (unpaired) electrons. The first-order chi connectivity index (χ1) is 14.7. The van der Waals surface area contributed by atoms with E-state index in [1.165, 1.54) is 70.6 Å². The summed E-state index contributed by atoms with van der Waals surface area (Å²) in [4.78, 5) is 23.2. The third kappa shape index (κ3) is 22.7. The number of hydrogen-bond acceptors (Lipinski definition) is 4. The van der Waals surface area contributed by atoms with Crippen molar-refractivity contribution in [3.05, 3.63) is 24.3 Å². The van der Waals surface area contributed by atoms with Crippen molar-refractivity contribution >= 4 is 11.9 Å². The van der Waals surface area contributed by atoms with Crippen LogP contribution < -0.4 is 0 Å². The molecule has 0 aromatic carbocycles. The topological polar surface area (TPSA) is 52.6 Å². The van der Waals surface area contributed by atoms with Gasteiger partial charge in [0, 0.05) is 12.2 Å². The summed E-state index contributed by atoms with van der Waals surface area (Å²) in [5, 5.41) is 0. The molecule has 0 rings (SSSR count). The zero-order chi connectivity index (χ0) is 22.1. The van der Waals surface area contributed by atoms with Crippen molar-refractivity contribution in [3.8, 4) is 0 Å². The van der Waals surface area contributed by atoms with E-state index in [-0.39, 0.29) is 0 Å². The molecule has 0 aliphatic rings. The number of allylic oxidation sites excluding steroid dienone is 2. The van der Waals surface area contributed by atoms with Crippen LogP contribution in [-0.4, -0.2) is 25.2 Å². The Kier molecular flexibility index (Phi) is 22.4. The normalized spacial score (nSPS) is 11.4. The molecule has 0 aromatic heterocycles. The second kappa shape index (κ2) is 23.7. The molecule has 0 bridgehead atoms. The van der Waals surface area contributed by atoms with Crippen molar-refractivity contribution in [1.82, 2.24) is 0 Å². The van der Waals surface area contributed by atoms with Crippen LogP contribution >= 0.6 is 0 Å². The molecule has 0 aliphatic carbocycles. The van der Waals surface area contributed by atoms with Crippen molar-refractivity contribution in [2.75, 3.05) is 13.2 Å². The van der Waals surface area contributed by atoms with Crippen molar-refractivity contribution in [3.63, 3.8) is 0 Å². The zero-order valence-electron chi connectivity index (χ0n) is 19.7. The molecule has 30 heavy (non-hydrogen) atoms. The molecule has 0 spiro atoms. The molecule has 0 aromatic rings. The van der Waals surface area contributed by atoms with Gasteiger partial charge in [0.15, 0.2) is 0 Å². The van der Waals surface area contributed by atoms with Crippen LogP contribution in [0.5, 0.6) is 0 Å². The van der Waals surface area contributed by atoms with Crippen molar-refractivity contribution in [1.29, 1.82) is 0 Å². The van der Waals surface area contributed by atoms with Crippen molar-refractivity contribution in [2.45, 2.75) is 117 Å². The quantitative estimate of drug-likeness (QED) is 0.0833. The molecule has 0 atom stereocenters. The zero-order valence-corrected chi connectivity index (χ0v) is 19.7. The Balaban J connectivity index is 3.47. The Hall–Kier alpha value is -1.58. The van der Waals surface area contributed by atoms with E-state index in [2.05, 4.69) is 26.0 Å². The third-order valence-corrected chi connectivity index (χ3v) is 5.00. The van der Waals surface area contributed by atoms with Crippen LogP contribution in [0.2, 0.25) is 0 Å². The van der Waals surface area contributed by atoms with Crippen LogP contribution in [0.4, 0.5) is 0 Å². The SMILES string of the molecule is CCCCC/C=C/CCCOC(=O)/C=C/C(=O)OCCCCCCCCCCCC. The van der Waals surface area contributed by atoms with E-state index in [1.54, 1.807) is 0 Å². The number of ether oxygens (including phenoxy) is 2. The van der Waals surface area contributed by atoms with E-state index in [9.17, 15) is 9.59 Å². The Morgan fingerprint density at radius 1 is 0.533 bits per heavy atom. The van der Waals surface area contributed by atoms with Gasteiger partial charge in [-0.25, -0.2) is 9.59 Å². The lowest BCUT2D eigenvalue weighted by atomic mass is 10.1. The highest BCUT2D eigenvalue weighted by Crippen LogP contribution is 2.10. The van der Waals surface area contributed by atoms with Crippen LogP contribution in [0.15, 0.2) is 24.3 Å². The van der Waals surface area contributed by atoms with Crippen LogP contribution in [0.1, 0.15) is 117 Å². The molecule has 174 valence electrons. The predicted octanol–water partition coefficient (Wildman–Crippen LogP) is 7.47. The standard InChI is InChI=1S/C26H46O4/c1-3-5-7-9-11-13-14-16-18-20-24-30-26(28)22-21-25(27)29-23-19-17-15-12-10-8-6-4-2/h12,15,21-22H,3-11,13-14,16-20,23-24H2,1-2H3/b15-12+,22-21+. The Bertz CT molecular complexity index is 454. The van der Waals surface area contributed by atoms with E-state index >= 15 is 0 Å². The molecular weight excluding hydrogens is 376 g/mol. The van der Waals surface area contributed by atoms with Gasteiger partial charge in [-0.3, -0.25) is 0 Å². The molecule has 0 amide bonds. The Morgan fingerprint density at radius 3 is 1.47 bits per heavy atom. The van der Waals surface area contributed by atoms with Gasteiger partial charge in [0.05, 0.1) is 13.2 Å². The third-order valence-electron chi connectivity index (χ3n) is 5.00. The molecule has 0 saturated carbocycles. The molecule has 0 saturated heterocycles. The molecule has 0 aliphatic heterocycles. The lowest BCUT2D eigenvalue weighted by Gasteiger charge is -2.03. The number of esters is 2. The number of carbonyl (C=O) groups excluding carboxylic acids is 2. The van der Waals surface area contributed by atoms with Gasteiger partial charge in [-0.1, -0.05) is 96.6 Å².